The summed E-state index contributed by atoms with van der Waals surface area (Å²) in [5, 5.41) is 7.10. The Kier molecular flexibility index (Phi) is 5.31. The maximum absolute atomic E-state index is 12.6. The smallest absolute Gasteiger partial charge is 0.348 e. The average Bonchev–Trinajstić information content (AvgIpc) is 3.38. The predicted octanol–water partition coefficient (Wildman–Crippen LogP) is 1.94. The third-order valence-corrected chi connectivity index (χ3v) is 5.86. The Morgan fingerprint density at radius 1 is 1.41 bits per heavy atom. The molecule has 1 atom stereocenters. The van der Waals surface area contributed by atoms with Crippen LogP contribution in [0.25, 0.3) is 0 Å². The summed E-state index contributed by atoms with van der Waals surface area (Å²) in [5.41, 5.74) is 1.91. The fourth-order valence-electron chi connectivity index (χ4n) is 3.62. The second-order valence-corrected chi connectivity index (χ2v) is 7.85. The molecule has 2 aromatic rings. The molecule has 0 bridgehead atoms. The lowest BCUT2D eigenvalue weighted by molar-refractivity contribution is -0.113. The number of hydrogen-bond acceptors (Lipinski definition) is 7. The van der Waals surface area contributed by atoms with Gasteiger partial charge in [-0.1, -0.05) is 16.9 Å². The number of carbonyl (C=O) groups is 1. The van der Waals surface area contributed by atoms with E-state index in [0.717, 1.165) is 50.0 Å². The van der Waals surface area contributed by atoms with E-state index in [9.17, 15) is 9.59 Å². The van der Waals surface area contributed by atoms with Crippen LogP contribution in [-0.4, -0.2) is 39.1 Å². The fourth-order valence-corrected chi connectivity index (χ4v) is 4.50. The van der Waals surface area contributed by atoms with E-state index in [4.69, 9.17) is 9.26 Å². The minimum Gasteiger partial charge on any atom is -0.376 e. The first-order chi connectivity index (χ1) is 13.1. The van der Waals surface area contributed by atoms with E-state index >= 15 is 0 Å². The third-order valence-electron chi connectivity index (χ3n) is 4.85. The van der Waals surface area contributed by atoms with E-state index < -0.39 is 0 Å². The van der Waals surface area contributed by atoms with Gasteiger partial charge in [-0.3, -0.25) is 9.36 Å². The molecule has 27 heavy (non-hydrogen) atoms. The Morgan fingerprint density at radius 3 is 3.04 bits per heavy atom. The number of nitrogens with one attached hydrogen (secondary N) is 1. The van der Waals surface area contributed by atoms with Crippen LogP contribution in [0.4, 0.5) is 5.82 Å². The third kappa shape index (κ3) is 4.08. The molecular formula is C18H22N4O4S. The van der Waals surface area contributed by atoms with Crippen molar-refractivity contribution < 1.29 is 14.1 Å². The standard InChI is InChI=1S/C18H22N4O4S/c1-11-8-15(21-26-11)19-16(23)10-27-17-13-5-2-6-14(13)22(18(24)20-17)9-12-4-3-7-25-12/h8,12H,2-7,9-10H2,1H3,(H,19,21,23)/t12-/m1/s1. The lowest BCUT2D eigenvalue weighted by Gasteiger charge is -2.17. The van der Waals surface area contributed by atoms with E-state index in [1.54, 1.807) is 17.6 Å². The first kappa shape index (κ1) is 18.2. The minimum absolute atomic E-state index is 0.101. The van der Waals surface area contributed by atoms with Crippen LogP contribution in [0.3, 0.4) is 0 Å². The van der Waals surface area contributed by atoms with Crippen LogP contribution in [0.2, 0.25) is 0 Å². The van der Waals surface area contributed by atoms with E-state index in [1.807, 2.05) is 0 Å². The Morgan fingerprint density at radius 2 is 2.30 bits per heavy atom. The number of carbonyl (C=O) groups excluding carboxylic acids is 1. The highest BCUT2D eigenvalue weighted by Gasteiger charge is 2.25. The number of ether oxygens (including phenoxy) is 1. The van der Waals surface area contributed by atoms with Crippen LogP contribution in [-0.2, 0) is 28.9 Å². The molecule has 8 nitrogen and oxygen atoms in total. The lowest BCUT2D eigenvalue weighted by Crippen LogP contribution is -2.31. The van der Waals surface area contributed by atoms with Crippen molar-refractivity contribution in [1.82, 2.24) is 14.7 Å². The van der Waals surface area contributed by atoms with Gasteiger partial charge in [-0.25, -0.2) is 4.79 Å². The van der Waals surface area contributed by atoms with Gasteiger partial charge in [-0.15, -0.1) is 0 Å². The van der Waals surface area contributed by atoms with Gasteiger partial charge in [0, 0.05) is 23.9 Å². The summed E-state index contributed by atoms with van der Waals surface area (Å²) in [5.74, 6) is 0.988. The molecule has 1 aliphatic heterocycles. The van der Waals surface area contributed by atoms with Crippen LogP contribution >= 0.6 is 11.8 Å². The van der Waals surface area contributed by atoms with E-state index in [0.29, 0.717) is 23.1 Å². The monoisotopic (exact) mass is 390 g/mol. The highest BCUT2D eigenvalue weighted by atomic mass is 32.2. The van der Waals surface area contributed by atoms with E-state index in [2.05, 4.69) is 15.5 Å². The Hall–Kier alpha value is -2.13. The number of aromatic nitrogens is 3. The largest absolute Gasteiger partial charge is 0.376 e. The number of rotatable bonds is 6. The molecule has 1 N–H and O–H groups in total. The molecule has 1 saturated heterocycles. The van der Waals surface area contributed by atoms with Gasteiger partial charge >= 0.3 is 5.69 Å². The van der Waals surface area contributed by atoms with Gasteiger partial charge in [0.25, 0.3) is 0 Å². The molecule has 144 valence electrons. The zero-order chi connectivity index (χ0) is 18.8. The molecule has 0 spiro atoms. The number of nitrogens with zero attached hydrogens (tertiary/aromatic N) is 3. The summed E-state index contributed by atoms with van der Waals surface area (Å²) in [7, 11) is 0. The number of thioether (sulfide) groups is 1. The van der Waals surface area contributed by atoms with Crippen molar-refractivity contribution in [2.75, 3.05) is 17.7 Å². The van der Waals surface area contributed by atoms with Crippen molar-refractivity contribution in [3.63, 3.8) is 0 Å². The molecular weight excluding hydrogens is 368 g/mol. The normalized spacial score (nSPS) is 18.6. The lowest BCUT2D eigenvalue weighted by atomic mass is 10.2. The topological polar surface area (TPSA) is 99.2 Å². The van der Waals surface area contributed by atoms with Gasteiger partial charge < -0.3 is 14.6 Å². The van der Waals surface area contributed by atoms with Gasteiger partial charge in [-0.05, 0) is 39.0 Å². The first-order valence-electron chi connectivity index (χ1n) is 9.20. The average molecular weight is 390 g/mol. The first-order valence-corrected chi connectivity index (χ1v) is 10.2. The van der Waals surface area contributed by atoms with Crippen molar-refractivity contribution in [2.24, 2.45) is 0 Å². The molecule has 0 radical (unpaired) electrons. The van der Waals surface area contributed by atoms with Gasteiger partial charge in [0.05, 0.1) is 18.4 Å². The molecule has 0 unspecified atom stereocenters. The predicted molar refractivity (Wildman–Crippen MR) is 100 cm³/mol. The molecule has 9 heteroatoms. The zero-order valence-corrected chi connectivity index (χ0v) is 16.0. The summed E-state index contributed by atoms with van der Waals surface area (Å²) >= 11 is 1.30. The van der Waals surface area contributed by atoms with Crippen LogP contribution in [0, 0.1) is 6.92 Å². The number of fused-ring (bicyclic) bond motifs is 1. The Bertz CT molecular complexity index is 901. The van der Waals surface area contributed by atoms with Crippen molar-refractivity contribution >= 4 is 23.5 Å². The van der Waals surface area contributed by atoms with Crippen molar-refractivity contribution in [3.05, 3.63) is 33.6 Å². The zero-order valence-electron chi connectivity index (χ0n) is 15.2. The summed E-state index contributed by atoms with van der Waals surface area (Å²) < 4.78 is 12.4. The second-order valence-electron chi connectivity index (χ2n) is 6.88. The maximum atomic E-state index is 12.6. The molecule has 2 aliphatic rings. The molecule has 2 aromatic heterocycles. The maximum Gasteiger partial charge on any atom is 0.348 e. The van der Waals surface area contributed by atoms with Crippen LogP contribution < -0.4 is 11.0 Å². The summed E-state index contributed by atoms with van der Waals surface area (Å²) in [6.45, 7) is 3.10. The van der Waals surface area contributed by atoms with Crippen LogP contribution in [0.1, 0.15) is 36.3 Å². The molecule has 1 amide bonds. The molecule has 4 rings (SSSR count). The Labute approximate surface area is 160 Å². The molecule has 0 saturated carbocycles. The molecule has 3 heterocycles. The van der Waals surface area contributed by atoms with Gasteiger partial charge in [0.1, 0.15) is 10.8 Å². The number of amides is 1. The van der Waals surface area contributed by atoms with E-state index in [-0.39, 0.29) is 23.5 Å². The highest BCUT2D eigenvalue weighted by molar-refractivity contribution is 8.00. The molecule has 1 fully saturated rings. The van der Waals surface area contributed by atoms with Crippen LogP contribution in [0.15, 0.2) is 20.4 Å². The van der Waals surface area contributed by atoms with Crippen molar-refractivity contribution in [3.8, 4) is 0 Å². The molecule has 0 aromatic carbocycles. The molecule has 1 aliphatic carbocycles. The highest BCUT2D eigenvalue weighted by Crippen LogP contribution is 2.30. The van der Waals surface area contributed by atoms with Crippen molar-refractivity contribution in [1.29, 1.82) is 0 Å². The number of anilines is 1. The second kappa shape index (κ2) is 7.85. The quantitative estimate of drug-likeness (QED) is 0.594. The number of hydrogen-bond donors (Lipinski definition) is 1. The summed E-state index contributed by atoms with van der Waals surface area (Å²) in [4.78, 5) is 29.0. The Balaban J connectivity index is 1.46. The van der Waals surface area contributed by atoms with E-state index in [1.165, 1.54) is 11.8 Å². The SMILES string of the molecule is Cc1cc(NC(=O)CSc2nc(=O)n(C[C@H]3CCCO3)c3c2CCC3)no1. The summed E-state index contributed by atoms with van der Waals surface area (Å²) in [6, 6.07) is 1.66. The van der Waals surface area contributed by atoms with Gasteiger partial charge in [0.2, 0.25) is 5.91 Å². The fraction of sp³-hybridized carbons (Fsp3) is 0.556. The number of aryl methyl sites for hydroxylation is 1. The van der Waals surface area contributed by atoms with Gasteiger partial charge in [-0.2, -0.15) is 4.98 Å². The van der Waals surface area contributed by atoms with Crippen LogP contribution in [0.5, 0.6) is 0 Å². The van der Waals surface area contributed by atoms with Gasteiger partial charge in [0.15, 0.2) is 5.82 Å². The summed E-state index contributed by atoms with van der Waals surface area (Å²) in [6.07, 6.45) is 4.90. The minimum atomic E-state index is -0.249. The van der Waals surface area contributed by atoms with Crippen molar-refractivity contribution in [2.45, 2.75) is 56.7 Å².